The van der Waals surface area contributed by atoms with Gasteiger partial charge in [0.05, 0.1) is 0 Å². The first kappa shape index (κ1) is 18.0. The molecule has 1 rings (SSSR count). The summed E-state index contributed by atoms with van der Waals surface area (Å²) in [5.74, 6) is 1.82. The SMILES string of the molecule is CCCCCN(CC1CC(CC)CCC1NC)C(C)C. The zero-order valence-electron chi connectivity index (χ0n) is 14.6. The van der Waals surface area contributed by atoms with Crippen LogP contribution in [0, 0.1) is 11.8 Å². The van der Waals surface area contributed by atoms with Crippen molar-refractivity contribution in [2.45, 2.75) is 84.7 Å². The molecule has 0 aliphatic heterocycles. The first-order valence-corrected chi connectivity index (χ1v) is 9.03. The molecule has 2 heteroatoms. The predicted octanol–water partition coefficient (Wildman–Crippen LogP) is 4.30. The van der Waals surface area contributed by atoms with Crippen molar-refractivity contribution in [1.82, 2.24) is 10.2 Å². The Hall–Kier alpha value is -0.0800. The van der Waals surface area contributed by atoms with Gasteiger partial charge in [0.15, 0.2) is 0 Å². The lowest BCUT2D eigenvalue weighted by atomic mass is 9.76. The van der Waals surface area contributed by atoms with Crippen LogP contribution in [0.4, 0.5) is 0 Å². The van der Waals surface area contributed by atoms with Crippen molar-refractivity contribution in [3.63, 3.8) is 0 Å². The van der Waals surface area contributed by atoms with Crippen LogP contribution in [0.25, 0.3) is 0 Å². The van der Waals surface area contributed by atoms with Crippen molar-refractivity contribution in [1.29, 1.82) is 0 Å². The Morgan fingerprint density at radius 1 is 1.15 bits per heavy atom. The van der Waals surface area contributed by atoms with E-state index in [0.717, 1.165) is 17.9 Å². The van der Waals surface area contributed by atoms with Gasteiger partial charge in [-0.3, -0.25) is 0 Å². The lowest BCUT2D eigenvalue weighted by Crippen LogP contribution is -2.46. The van der Waals surface area contributed by atoms with Crippen LogP contribution in [0.15, 0.2) is 0 Å². The van der Waals surface area contributed by atoms with Gasteiger partial charge in [-0.15, -0.1) is 0 Å². The second-order valence-corrected chi connectivity index (χ2v) is 7.04. The topological polar surface area (TPSA) is 15.3 Å². The Balaban J connectivity index is 2.53. The van der Waals surface area contributed by atoms with E-state index in [1.165, 1.54) is 58.0 Å². The van der Waals surface area contributed by atoms with E-state index in [-0.39, 0.29) is 0 Å². The molecule has 3 unspecified atom stereocenters. The molecular formula is C18H38N2. The van der Waals surface area contributed by atoms with Gasteiger partial charge in [0.25, 0.3) is 0 Å². The molecule has 2 nitrogen and oxygen atoms in total. The van der Waals surface area contributed by atoms with E-state index in [4.69, 9.17) is 0 Å². The van der Waals surface area contributed by atoms with Gasteiger partial charge >= 0.3 is 0 Å². The molecule has 0 aromatic heterocycles. The summed E-state index contributed by atoms with van der Waals surface area (Å²) < 4.78 is 0. The molecule has 1 saturated carbocycles. The van der Waals surface area contributed by atoms with Crippen LogP contribution in [0.2, 0.25) is 0 Å². The van der Waals surface area contributed by atoms with Gasteiger partial charge < -0.3 is 10.2 Å². The molecule has 1 fully saturated rings. The Morgan fingerprint density at radius 2 is 1.90 bits per heavy atom. The largest absolute Gasteiger partial charge is 0.317 e. The monoisotopic (exact) mass is 282 g/mol. The molecule has 20 heavy (non-hydrogen) atoms. The smallest absolute Gasteiger partial charge is 0.0105 e. The highest BCUT2D eigenvalue weighted by atomic mass is 15.1. The minimum atomic E-state index is 0.686. The molecule has 0 saturated heterocycles. The number of hydrogen-bond acceptors (Lipinski definition) is 2. The van der Waals surface area contributed by atoms with E-state index < -0.39 is 0 Å². The minimum absolute atomic E-state index is 0.686. The molecule has 0 amide bonds. The van der Waals surface area contributed by atoms with Gasteiger partial charge in [-0.2, -0.15) is 0 Å². The molecule has 0 radical (unpaired) electrons. The van der Waals surface area contributed by atoms with Crippen LogP contribution in [0.3, 0.4) is 0 Å². The third-order valence-electron chi connectivity index (χ3n) is 5.29. The highest BCUT2D eigenvalue weighted by Crippen LogP contribution is 2.32. The van der Waals surface area contributed by atoms with E-state index in [1.54, 1.807) is 0 Å². The van der Waals surface area contributed by atoms with Gasteiger partial charge in [0.1, 0.15) is 0 Å². The van der Waals surface area contributed by atoms with Crippen molar-refractivity contribution in [2.75, 3.05) is 20.1 Å². The molecule has 0 aromatic rings. The fourth-order valence-corrected chi connectivity index (χ4v) is 3.74. The summed E-state index contributed by atoms with van der Waals surface area (Å²) in [4.78, 5) is 2.72. The quantitative estimate of drug-likeness (QED) is 0.634. The van der Waals surface area contributed by atoms with Gasteiger partial charge in [-0.25, -0.2) is 0 Å². The zero-order valence-corrected chi connectivity index (χ0v) is 14.6. The molecule has 0 spiro atoms. The molecular weight excluding hydrogens is 244 g/mol. The Kier molecular flexibility index (Phi) is 8.79. The highest BCUT2D eigenvalue weighted by Gasteiger charge is 2.30. The number of nitrogens with one attached hydrogen (secondary N) is 1. The van der Waals surface area contributed by atoms with E-state index in [2.05, 4.69) is 45.0 Å². The first-order valence-electron chi connectivity index (χ1n) is 9.03. The van der Waals surface area contributed by atoms with Crippen molar-refractivity contribution < 1.29 is 0 Å². The summed E-state index contributed by atoms with van der Waals surface area (Å²) >= 11 is 0. The van der Waals surface area contributed by atoms with Crippen LogP contribution in [0.1, 0.15) is 72.6 Å². The number of rotatable bonds is 9. The predicted molar refractivity (Wildman–Crippen MR) is 90.2 cm³/mol. The highest BCUT2D eigenvalue weighted by molar-refractivity contribution is 4.86. The van der Waals surface area contributed by atoms with Crippen LogP contribution in [-0.4, -0.2) is 37.1 Å². The third-order valence-corrected chi connectivity index (χ3v) is 5.29. The van der Waals surface area contributed by atoms with Crippen molar-refractivity contribution in [3.05, 3.63) is 0 Å². The average molecular weight is 283 g/mol. The second-order valence-electron chi connectivity index (χ2n) is 7.04. The summed E-state index contributed by atoms with van der Waals surface area (Å²) in [7, 11) is 2.15. The normalized spacial score (nSPS) is 27.4. The van der Waals surface area contributed by atoms with Gasteiger partial charge in [0.2, 0.25) is 0 Å². The molecule has 0 bridgehead atoms. The average Bonchev–Trinajstić information content (AvgIpc) is 2.46. The molecule has 1 N–H and O–H groups in total. The maximum Gasteiger partial charge on any atom is 0.0105 e. The standard InChI is InChI=1S/C18H38N2/c1-6-8-9-12-20(15(3)4)14-17-13-16(7-2)10-11-18(17)19-5/h15-19H,6-14H2,1-5H3. The third kappa shape index (κ3) is 5.73. The van der Waals surface area contributed by atoms with E-state index in [1.807, 2.05) is 0 Å². The summed E-state index contributed by atoms with van der Waals surface area (Å²) in [6, 6.07) is 1.43. The van der Waals surface area contributed by atoms with E-state index >= 15 is 0 Å². The summed E-state index contributed by atoms with van der Waals surface area (Å²) in [6.07, 6.45) is 9.66. The number of nitrogens with zero attached hydrogens (tertiary/aromatic N) is 1. The van der Waals surface area contributed by atoms with Crippen molar-refractivity contribution in [3.8, 4) is 0 Å². The maximum atomic E-state index is 3.58. The van der Waals surface area contributed by atoms with Gasteiger partial charge in [-0.05, 0) is 65.0 Å². The lowest BCUT2D eigenvalue weighted by Gasteiger charge is -2.40. The van der Waals surface area contributed by atoms with Crippen LogP contribution in [-0.2, 0) is 0 Å². The molecule has 0 aromatic carbocycles. The first-order chi connectivity index (χ1) is 9.62. The summed E-state index contributed by atoms with van der Waals surface area (Å²) in [6.45, 7) is 12.0. The number of unbranched alkanes of at least 4 members (excludes halogenated alkanes) is 2. The van der Waals surface area contributed by atoms with Crippen molar-refractivity contribution in [2.24, 2.45) is 11.8 Å². The Bertz CT molecular complexity index is 240. The molecule has 3 atom stereocenters. The fraction of sp³-hybridized carbons (Fsp3) is 1.00. The zero-order chi connectivity index (χ0) is 15.0. The molecule has 120 valence electrons. The van der Waals surface area contributed by atoms with Crippen LogP contribution in [0.5, 0.6) is 0 Å². The van der Waals surface area contributed by atoms with Gasteiger partial charge in [-0.1, -0.05) is 33.1 Å². The summed E-state index contributed by atoms with van der Waals surface area (Å²) in [5, 5.41) is 3.58. The minimum Gasteiger partial charge on any atom is -0.317 e. The fourth-order valence-electron chi connectivity index (χ4n) is 3.74. The van der Waals surface area contributed by atoms with Crippen LogP contribution < -0.4 is 5.32 Å². The Labute approximate surface area is 127 Å². The second kappa shape index (κ2) is 9.78. The lowest BCUT2D eigenvalue weighted by molar-refractivity contribution is 0.120. The maximum absolute atomic E-state index is 3.58. The van der Waals surface area contributed by atoms with Crippen molar-refractivity contribution >= 4 is 0 Å². The summed E-state index contributed by atoms with van der Waals surface area (Å²) in [5.41, 5.74) is 0. The Morgan fingerprint density at radius 3 is 2.45 bits per heavy atom. The van der Waals surface area contributed by atoms with Crippen LogP contribution >= 0.6 is 0 Å². The van der Waals surface area contributed by atoms with E-state index in [0.29, 0.717) is 6.04 Å². The van der Waals surface area contributed by atoms with E-state index in [9.17, 15) is 0 Å². The van der Waals surface area contributed by atoms with Gasteiger partial charge in [0, 0.05) is 18.6 Å². The number of hydrogen-bond donors (Lipinski definition) is 1. The molecule has 1 aliphatic carbocycles. The molecule has 0 heterocycles. The molecule has 1 aliphatic rings.